The molecule has 22 heavy (non-hydrogen) atoms. The fourth-order valence-corrected chi connectivity index (χ4v) is 5.51. The van der Waals surface area contributed by atoms with E-state index in [1.807, 2.05) is 0 Å². The molecule has 3 N–H and O–H groups in total. The molecule has 124 valence electrons. The van der Waals surface area contributed by atoms with Crippen LogP contribution in [0.15, 0.2) is 9.93 Å². The monoisotopic (exact) mass is 346 g/mol. The van der Waals surface area contributed by atoms with Crippen molar-refractivity contribution in [2.75, 3.05) is 25.4 Å². The number of nitrogens with zero attached hydrogens (tertiary/aromatic N) is 1. The first kappa shape index (κ1) is 17.7. The predicted molar refractivity (Wildman–Crippen MR) is 88.3 cm³/mol. The van der Waals surface area contributed by atoms with Crippen LogP contribution in [0.1, 0.15) is 26.2 Å². The lowest BCUT2D eigenvalue weighted by molar-refractivity contribution is -0.145. The fraction of sp³-hybridized carbons (Fsp3) is 0.714. The molecule has 3 aliphatic rings. The second-order valence-corrected chi connectivity index (χ2v) is 7.78. The molecule has 0 aromatic carbocycles. The number of carbonyl (C=O) groups is 2. The van der Waals surface area contributed by atoms with Crippen LogP contribution in [0.25, 0.3) is 0 Å². The Labute approximate surface area is 138 Å². The van der Waals surface area contributed by atoms with E-state index >= 15 is 0 Å². The van der Waals surface area contributed by atoms with Crippen LogP contribution in [0.4, 0.5) is 0 Å². The van der Waals surface area contributed by atoms with Gasteiger partial charge in [-0.1, -0.05) is 11.8 Å². The van der Waals surface area contributed by atoms with Gasteiger partial charge in [0.2, 0.25) is 5.91 Å². The summed E-state index contributed by atoms with van der Waals surface area (Å²) in [6, 6.07) is 0. The van der Waals surface area contributed by atoms with Gasteiger partial charge in [-0.3, -0.25) is 9.69 Å². The molecule has 6 nitrogen and oxygen atoms in total. The minimum atomic E-state index is -0.976. The summed E-state index contributed by atoms with van der Waals surface area (Å²) in [6.07, 6.45) is 2.78. The van der Waals surface area contributed by atoms with Crippen molar-refractivity contribution in [3.63, 3.8) is 0 Å². The Morgan fingerprint density at radius 3 is 2.64 bits per heavy atom. The molecule has 3 aliphatic heterocycles. The summed E-state index contributed by atoms with van der Waals surface area (Å²) in [5.74, 6) is 0.566. The van der Waals surface area contributed by atoms with E-state index in [-0.39, 0.29) is 23.6 Å². The number of carbonyl (C=O) groups excluding carboxylic acids is 1. The van der Waals surface area contributed by atoms with E-state index in [1.54, 1.807) is 30.4 Å². The van der Waals surface area contributed by atoms with Crippen molar-refractivity contribution in [1.82, 2.24) is 10.2 Å². The zero-order valence-electron chi connectivity index (χ0n) is 12.6. The van der Waals surface area contributed by atoms with Gasteiger partial charge < -0.3 is 15.5 Å². The van der Waals surface area contributed by atoms with Crippen LogP contribution in [0.3, 0.4) is 0 Å². The molecule has 3 heterocycles. The van der Waals surface area contributed by atoms with Crippen LogP contribution < -0.4 is 5.32 Å². The third-order valence-corrected chi connectivity index (χ3v) is 6.49. The Kier molecular flexibility index (Phi) is 6.61. The average molecular weight is 346 g/mol. The molecule has 8 heteroatoms. The van der Waals surface area contributed by atoms with Gasteiger partial charge in [-0.15, -0.1) is 11.8 Å². The summed E-state index contributed by atoms with van der Waals surface area (Å²) in [4.78, 5) is 24.2. The van der Waals surface area contributed by atoms with E-state index < -0.39 is 5.97 Å². The Bertz CT molecular complexity index is 464. The van der Waals surface area contributed by atoms with Gasteiger partial charge in [0.05, 0.1) is 16.0 Å². The molecular weight excluding hydrogens is 324 g/mol. The summed E-state index contributed by atoms with van der Waals surface area (Å²) in [7, 11) is 0. The van der Waals surface area contributed by atoms with Gasteiger partial charge in [0, 0.05) is 12.4 Å². The Morgan fingerprint density at radius 2 is 2.09 bits per heavy atom. The smallest absolute Gasteiger partial charge is 0.354 e. The molecule has 1 unspecified atom stereocenters. The molecule has 1 amide bonds. The van der Waals surface area contributed by atoms with Crippen molar-refractivity contribution in [3.05, 3.63) is 9.93 Å². The van der Waals surface area contributed by atoms with Gasteiger partial charge in [-0.05, 0) is 38.8 Å². The highest BCUT2D eigenvalue weighted by Gasteiger charge is 2.48. The van der Waals surface area contributed by atoms with Crippen LogP contribution in [0.5, 0.6) is 0 Å². The van der Waals surface area contributed by atoms with Gasteiger partial charge in [0.15, 0.2) is 5.70 Å². The number of hydrogen-bond donors (Lipinski definition) is 3. The first-order chi connectivity index (χ1) is 10.6. The Morgan fingerprint density at radius 1 is 1.45 bits per heavy atom. The molecule has 3 rings (SSSR count). The maximum absolute atomic E-state index is 11.5. The van der Waals surface area contributed by atoms with Gasteiger partial charge >= 0.3 is 5.97 Å². The maximum atomic E-state index is 11.5. The third kappa shape index (κ3) is 3.98. The van der Waals surface area contributed by atoms with Crippen LogP contribution in [0, 0.1) is 5.92 Å². The quantitative estimate of drug-likeness (QED) is 0.661. The lowest BCUT2D eigenvalue weighted by atomic mass is 10.0. The first-order valence-electron chi connectivity index (χ1n) is 7.49. The van der Waals surface area contributed by atoms with Gasteiger partial charge in [0.1, 0.15) is 0 Å². The van der Waals surface area contributed by atoms with E-state index in [0.717, 1.165) is 35.9 Å². The maximum Gasteiger partial charge on any atom is 0.354 e. The first-order valence-corrected chi connectivity index (χ1v) is 9.35. The topological polar surface area (TPSA) is 89.9 Å². The molecule has 0 radical (unpaired) electrons. The van der Waals surface area contributed by atoms with Crippen molar-refractivity contribution in [1.29, 1.82) is 0 Å². The molecule has 0 aliphatic carbocycles. The number of hydrogen-bond acceptors (Lipinski definition) is 6. The lowest BCUT2D eigenvalue weighted by Gasteiger charge is -2.33. The van der Waals surface area contributed by atoms with Gasteiger partial charge in [-0.25, -0.2) is 4.79 Å². The predicted octanol–water partition coefficient (Wildman–Crippen LogP) is 1.28. The van der Waals surface area contributed by atoms with Crippen molar-refractivity contribution in [2.45, 2.75) is 31.6 Å². The lowest BCUT2D eigenvalue weighted by Crippen LogP contribution is -2.48. The number of piperidine rings is 1. The minimum absolute atomic E-state index is 0.0362. The minimum Gasteiger partial charge on any atom is -0.477 e. The van der Waals surface area contributed by atoms with Crippen molar-refractivity contribution in [2.24, 2.45) is 5.92 Å². The summed E-state index contributed by atoms with van der Waals surface area (Å²) < 4.78 is 0.821. The number of aliphatic hydroxyl groups is 1. The number of carboxylic acid groups (broad SMARTS) is 1. The zero-order valence-corrected chi connectivity index (χ0v) is 14.2. The molecule has 2 fully saturated rings. The van der Waals surface area contributed by atoms with E-state index in [0.29, 0.717) is 12.3 Å². The number of aliphatic carboxylic acids is 1. The molecule has 0 bridgehead atoms. The van der Waals surface area contributed by atoms with Crippen LogP contribution in [-0.2, 0) is 9.59 Å². The number of nitrogens with one attached hydrogen (secondary N) is 1. The van der Waals surface area contributed by atoms with E-state index in [1.165, 1.54) is 4.90 Å². The van der Waals surface area contributed by atoms with Crippen LogP contribution in [0.2, 0.25) is 0 Å². The largest absolute Gasteiger partial charge is 0.477 e. The highest BCUT2D eigenvalue weighted by Crippen LogP contribution is 2.50. The fourth-order valence-electron chi connectivity index (χ4n) is 2.56. The van der Waals surface area contributed by atoms with E-state index in [4.69, 9.17) is 5.11 Å². The standard InChI is InChI=1S/C12H16N2O3S2.C2H6O/c15-8-5-9-14(8)10(11(16)17)12(19-9)18-6-7-1-3-13-4-2-7;1-2-3/h7,9,13H,1-6H2,(H,16,17);3H,2H2,1H3. The number of amides is 1. The summed E-state index contributed by atoms with van der Waals surface area (Å²) in [6.45, 7) is 4.03. The molecule has 0 saturated carbocycles. The second kappa shape index (κ2) is 8.24. The number of β-lactam (4-membered cyclic amide) rings is 1. The zero-order chi connectivity index (χ0) is 16.1. The van der Waals surface area contributed by atoms with Gasteiger partial charge in [-0.2, -0.15) is 0 Å². The van der Waals surface area contributed by atoms with Crippen LogP contribution >= 0.6 is 23.5 Å². The number of carboxylic acids is 1. The molecule has 1 atom stereocenters. The number of aliphatic hydroxyl groups excluding tert-OH is 1. The normalized spacial score (nSPS) is 24.5. The summed E-state index contributed by atoms with van der Waals surface area (Å²) in [5.41, 5.74) is 0.213. The van der Waals surface area contributed by atoms with E-state index in [9.17, 15) is 14.7 Å². The van der Waals surface area contributed by atoms with Gasteiger partial charge in [0.25, 0.3) is 0 Å². The molecular formula is C14H22N2O4S2. The number of fused-ring (bicyclic) bond motifs is 1. The third-order valence-electron chi connectivity index (χ3n) is 3.69. The highest BCUT2D eigenvalue weighted by molar-refractivity contribution is 8.22. The molecule has 0 aromatic heterocycles. The summed E-state index contributed by atoms with van der Waals surface area (Å²) >= 11 is 3.16. The van der Waals surface area contributed by atoms with Crippen molar-refractivity contribution in [3.8, 4) is 0 Å². The average Bonchev–Trinajstić information content (AvgIpc) is 2.79. The molecule has 0 aromatic rings. The SMILES string of the molecule is CCO.O=C(O)C1=C(SCC2CCNCC2)SC2CC(=O)N12. The van der Waals surface area contributed by atoms with Crippen molar-refractivity contribution >= 4 is 35.4 Å². The number of rotatable bonds is 4. The Hall–Kier alpha value is -0.700. The Balaban J connectivity index is 0.000000545. The van der Waals surface area contributed by atoms with E-state index in [2.05, 4.69) is 5.32 Å². The molecule has 2 saturated heterocycles. The molecule has 0 spiro atoms. The van der Waals surface area contributed by atoms with Crippen molar-refractivity contribution < 1.29 is 19.8 Å². The summed E-state index contributed by atoms with van der Waals surface area (Å²) in [5, 5.41) is 20.2. The number of thioether (sulfide) groups is 2. The highest BCUT2D eigenvalue weighted by atomic mass is 32.2. The second-order valence-electron chi connectivity index (χ2n) is 5.30. The van der Waals surface area contributed by atoms with Crippen LogP contribution in [-0.4, -0.2) is 57.8 Å².